The lowest BCUT2D eigenvalue weighted by Crippen LogP contribution is -2.19. The number of aryl methyl sites for hydroxylation is 1. The third kappa shape index (κ3) is 4.58. The van der Waals surface area contributed by atoms with Crippen LogP contribution in [-0.2, 0) is 4.79 Å². The average Bonchev–Trinajstić information content (AvgIpc) is 3.26. The minimum absolute atomic E-state index is 0.121. The fourth-order valence-corrected chi connectivity index (χ4v) is 4.39. The number of amides is 1. The monoisotopic (exact) mass is 461 g/mol. The van der Waals surface area contributed by atoms with E-state index in [4.69, 9.17) is 0 Å². The van der Waals surface area contributed by atoms with Crippen LogP contribution in [0.1, 0.15) is 37.7 Å². The maximum Gasteiger partial charge on any atom is 0.335 e. The number of aliphatic imine (C=N–C) groups is 1. The molecule has 8 nitrogen and oxygen atoms in total. The van der Waals surface area contributed by atoms with Gasteiger partial charge < -0.3 is 20.1 Å². The quantitative estimate of drug-likeness (QED) is 0.485. The molecule has 1 aromatic heterocycles. The summed E-state index contributed by atoms with van der Waals surface area (Å²) in [4.78, 5) is 40.4. The number of nitrogens with zero attached hydrogens (tertiary/aromatic N) is 2. The second kappa shape index (κ2) is 8.79. The van der Waals surface area contributed by atoms with Crippen molar-refractivity contribution in [2.45, 2.75) is 13.8 Å². The number of rotatable bonds is 5. The lowest BCUT2D eigenvalue weighted by atomic mass is 10.1. The first-order chi connectivity index (χ1) is 15.7. The Bertz CT molecular complexity index is 1320. The van der Waals surface area contributed by atoms with Gasteiger partial charge in [-0.25, -0.2) is 14.6 Å². The first kappa shape index (κ1) is 22.1. The maximum absolute atomic E-state index is 12.5. The molecule has 0 bridgehead atoms. The topological polar surface area (TPSA) is 121 Å². The molecule has 1 aliphatic rings. The average molecular weight is 461 g/mol. The van der Waals surface area contributed by atoms with Gasteiger partial charge in [0.25, 0.3) is 5.91 Å². The first-order valence-electron chi connectivity index (χ1n) is 9.88. The Morgan fingerprint density at radius 2 is 1.64 bits per heavy atom. The van der Waals surface area contributed by atoms with Crippen LogP contribution in [0.2, 0.25) is 0 Å². The van der Waals surface area contributed by atoms with Gasteiger partial charge in [0.2, 0.25) is 0 Å². The number of carbonyl (C=O) groups excluding carboxylic acids is 1. The van der Waals surface area contributed by atoms with Gasteiger partial charge in [-0.3, -0.25) is 4.79 Å². The Labute approximate surface area is 193 Å². The summed E-state index contributed by atoms with van der Waals surface area (Å²) in [7, 11) is 0. The van der Waals surface area contributed by atoms with Crippen LogP contribution >= 0.6 is 11.8 Å². The number of para-hydroxylation sites is 1. The van der Waals surface area contributed by atoms with Crippen LogP contribution in [0.15, 0.2) is 64.5 Å². The summed E-state index contributed by atoms with van der Waals surface area (Å²) in [5.41, 5.74) is 3.16. The predicted octanol–water partition coefficient (Wildman–Crippen LogP) is 4.38. The highest BCUT2D eigenvalue weighted by molar-refractivity contribution is 8.18. The van der Waals surface area contributed by atoms with E-state index in [2.05, 4.69) is 10.3 Å². The molecule has 1 amide bonds. The van der Waals surface area contributed by atoms with Crippen molar-refractivity contribution in [3.63, 3.8) is 0 Å². The number of aromatic nitrogens is 1. The second-order valence-electron chi connectivity index (χ2n) is 7.36. The molecule has 3 aromatic rings. The molecule has 9 heteroatoms. The van der Waals surface area contributed by atoms with E-state index in [9.17, 15) is 24.6 Å². The van der Waals surface area contributed by atoms with Crippen molar-refractivity contribution in [2.75, 3.05) is 0 Å². The van der Waals surface area contributed by atoms with Gasteiger partial charge in [-0.15, -0.1) is 0 Å². The Morgan fingerprint density at radius 3 is 2.24 bits per heavy atom. The summed E-state index contributed by atoms with van der Waals surface area (Å²) in [6.07, 6.45) is 1.74. The van der Waals surface area contributed by atoms with Crippen LogP contribution in [0.5, 0.6) is 0 Å². The van der Waals surface area contributed by atoms with Crippen LogP contribution in [0.25, 0.3) is 11.8 Å². The van der Waals surface area contributed by atoms with E-state index < -0.39 is 11.9 Å². The highest BCUT2D eigenvalue weighted by atomic mass is 32.2. The number of amidine groups is 1. The van der Waals surface area contributed by atoms with Crippen LogP contribution < -0.4 is 5.32 Å². The predicted molar refractivity (Wildman–Crippen MR) is 126 cm³/mol. The Hall–Kier alpha value is -4.11. The SMILES string of the molecule is Cc1cc(C=C2SC(=Nc3ccccc3)NC2=O)c(C)n1-c1cc(C(=O)O)cc(C(=O)O)c1. The second-order valence-corrected chi connectivity index (χ2v) is 8.39. The van der Waals surface area contributed by atoms with Crippen molar-refractivity contribution in [1.29, 1.82) is 0 Å². The molecule has 0 aliphatic carbocycles. The van der Waals surface area contributed by atoms with Crippen molar-refractivity contribution in [2.24, 2.45) is 4.99 Å². The van der Waals surface area contributed by atoms with Crippen LogP contribution in [0.3, 0.4) is 0 Å². The van der Waals surface area contributed by atoms with Crippen molar-refractivity contribution < 1.29 is 24.6 Å². The number of thioether (sulfide) groups is 1. The first-order valence-corrected chi connectivity index (χ1v) is 10.7. The van der Waals surface area contributed by atoms with Crippen molar-refractivity contribution >= 4 is 46.5 Å². The largest absolute Gasteiger partial charge is 0.478 e. The molecule has 166 valence electrons. The lowest BCUT2D eigenvalue weighted by molar-refractivity contribution is -0.115. The van der Waals surface area contributed by atoms with Crippen molar-refractivity contribution in [3.05, 3.63) is 87.6 Å². The third-order valence-corrected chi connectivity index (χ3v) is 5.97. The Balaban J connectivity index is 1.71. The minimum atomic E-state index is -1.21. The third-order valence-electron chi connectivity index (χ3n) is 5.06. The van der Waals surface area contributed by atoms with Crippen LogP contribution in [0, 0.1) is 13.8 Å². The Kier molecular flexibility index (Phi) is 5.89. The van der Waals surface area contributed by atoms with E-state index in [0.29, 0.717) is 15.8 Å². The molecule has 2 heterocycles. The fraction of sp³-hybridized carbons (Fsp3) is 0.0833. The molecule has 1 aliphatic heterocycles. The maximum atomic E-state index is 12.5. The molecular formula is C24H19N3O5S. The zero-order chi connectivity index (χ0) is 23.7. The van der Waals surface area contributed by atoms with Gasteiger partial charge in [-0.1, -0.05) is 18.2 Å². The Morgan fingerprint density at radius 1 is 1.00 bits per heavy atom. The van der Waals surface area contributed by atoms with Crippen LogP contribution in [-0.4, -0.2) is 37.8 Å². The summed E-state index contributed by atoms with van der Waals surface area (Å²) < 4.78 is 1.77. The number of hydrogen-bond donors (Lipinski definition) is 3. The molecule has 0 atom stereocenters. The van der Waals surface area contributed by atoms with Gasteiger partial charge in [-0.05, 0) is 73.6 Å². The summed E-state index contributed by atoms with van der Waals surface area (Å²) in [6.45, 7) is 3.65. The zero-order valence-corrected chi connectivity index (χ0v) is 18.5. The van der Waals surface area contributed by atoms with Crippen molar-refractivity contribution in [3.8, 4) is 5.69 Å². The van der Waals surface area contributed by atoms with E-state index in [1.807, 2.05) is 50.2 Å². The molecule has 1 saturated heterocycles. The standard InChI is InChI=1S/C24H19N3O5S/c1-13-8-15(12-20-21(28)26-24(33-20)25-18-6-4-3-5-7-18)14(2)27(13)19-10-16(22(29)30)9-17(11-19)23(31)32/h3-12H,1-2H3,(H,29,30)(H,31,32)(H,25,26,28). The highest BCUT2D eigenvalue weighted by Gasteiger charge is 2.25. The van der Waals surface area contributed by atoms with Gasteiger partial charge in [0.15, 0.2) is 5.17 Å². The normalized spacial score (nSPS) is 15.8. The number of carboxylic acid groups (broad SMARTS) is 2. The molecule has 1 fully saturated rings. The molecule has 0 saturated carbocycles. The summed E-state index contributed by atoms with van der Waals surface area (Å²) in [5.74, 6) is -2.69. The molecular weight excluding hydrogens is 442 g/mol. The van der Waals surface area contributed by atoms with E-state index in [1.54, 1.807) is 10.6 Å². The fourth-order valence-electron chi connectivity index (χ4n) is 3.56. The highest BCUT2D eigenvalue weighted by Crippen LogP contribution is 2.31. The van der Waals surface area contributed by atoms with Crippen LogP contribution in [0.4, 0.5) is 5.69 Å². The van der Waals surface area contributed by atoms with E-state index >= 15 is 0 Å². The number of hydrogen-bond acceptors (Lipinski definition) is 5. The molecule has 0 unspecified atom stereocenters. The minimum Gasteiger partial charge on any atom is -0.478 e. The number of carbonyl (C=O) groups is 3. The molecule has 4 rings (SSSR count). The number of carboxylic acids is 2. The molecule has 33 heavy (non-hydrogen) atoms. The van der Waals surface area contributed by atoms with Gasteiger partial charge in [0.05, 0.1) is 21.7 Å². The van der Waals surface area contributed by atoms with E-state index in [-0.39, 0.29) is 17.0 Å². The van der Waals surface area contributed by atoms with Crippen molar-refractivity contribution in [1.82, 2.24) is 9.88 Å². The molecule has 2 aromatic carbocycles. The summed E-state index contributed by atoms with van der Waals surface area (Å²) in [6, 6.07) is 15.1. The van der Waals surface area contributed by atoms with Gasteiger partial charge in [0.1, 0.15) is 0 Å². The zero-order valence-electron chi connectivity index (χ0n) is 17.7. The van der Waals surface area contributed by atoms with Gasteiger partial charge in [0, 0.05) is 17.1 Å². The molecule has 0 radical (unpaired) electrons. The molecule has 0 spiro atoms. The van der Waals surface area contributed by atoms with Gasteiger partial charge >= 0.3 is 11.9 Å². The van der Waals surface area contributed by atoms with E-state index in [0.717, 1.165) is 28.7 Å². The number of benzene rings is 2. The van der Waals surface area contributed by atoms with E-state index in [1.165, 1.54) is 23.9 Å². The smallest absolute Gasteiger partial charge is 0.335 e. The summed E-state index contributed by atoms with van der Waals surface area (Å²) in [5, 5.41) is 22.0. The molecule has 3 N–H and O–H groups in total. The van der Waals surface area contributed by atoms with Gasteiger partial charge in [-0.2, -0.15) is 0 Å². The number of nitrogens with one attached hydrogen (secondary N) is 1. The summed E-state index contributed by atoms with van der Waals surface area (Å²) >= 11 is 1.23. The lowest BCUT2D eigenvalue weighted by Gasteiger charge is -2.12. The number of aromatic carboxylic acids is 2.